The van der Waals surface area contributed by atoms with Gasteiger partial charge in [0.25, 0.3) is 0 Å². The molecule has 0 fully saturated rings. The van der Waals surface area contributed by atoms with E-state index in [9.17, 15) is 0 Å². The third-order valence-corrected chi connectivity index (χ3v) is 3.71. The van der Waals surface area contributed by atoms with Gasteiger partial charge >= 0.3 is 0 Å². The Morgan fingerprint density at radius 2 is 1.90 bits per heavy atom. The molecule has 21 heavy (non-hydrogen) atoms. The number of hydrogen-bond acceptors (Lipinski definition) is 3. The molecule has 0 unspecified atom stereocenters. The molecule has 1 aromatic carbocycles. The lowest BCUT2D eigenvalue weighted by molar-refractivity contribution is 0.756. The molecule has 0 atom stereocenters. The van der Waals surface area contributed by atoms with Crippen LogP contribution in [-0.2, 0) is 7.05 Å². The SMILES string of the molecule is Cc1nn(C)cc1-c1nn(-c2ccc(Cl)cc2Cl)cc1N. The Bertz CT molecular complexity index is 819. The topological polar surface area (TPSA) is 61.7 Å². The second kappa shape index (κ2) is 5.09. The second-order valence-electron chi connectivity index (χ2n) is 4.78. The quantitative estimate of drug-likeness (QED) is 0.786. The summed E-state index contributed by atoms with van der Waals surface area (Å²) in [6.45, 7) is 1.92. The van der Waals surface area contributed by atoms with Gasteiger partial charge in [-0.1, -0.05) is 23.2 Å². The largest absolute Gasteiger partial charge is 0.396 e. The van der Waals surface area contributed by atoms with Gasteiger partial charge in [0, 0.05) is 23.8 Å². The summed E-state index contributed by atoms with van der Waals surface area (Å²) in [5.74, 6) is 0. The maximum absolute atomic E-state index is 6.20. The Kier molecular flexibility index (Phi) is 3.39. The number of hydrogen-bond donors (Lipinski definition) is 1. The normalized spacial score (nSPS) is 11.0. The van der Waals surface area contributed by atoms with Gasteiger partial charge in [0.15, 0.2) is 0 Å². The van der Waals surface area contributed by atoms with E-state index in [0.29, 0.717) is 21.4 Å². The van der Waals surface area contributed by atoms with Gasteiger partial charge in [-0.05, 0) is 25.1 Å². The van der Waals surface area contributed by atoms with Gasteiger partial charge in [-0.2, -0.15) is 10.2 Å². The van der Waals surface area contributed by atoms with E-state index in [1.165, 1.54) is 0 Å². The van der Waals surface area contributed by atoms with Crippen molar-refractivity contribution in [2.45, 2.75) is 6.92 Å². The van der Waals surface area contributed by atoms with Crippen LogP contribution in [0.25, 0.3) is 16.9 Å². The Morgan fingerprint density at radius 3 is 2.52 bits per heavy atom. The lowest BCUT2D eigenvalue weighted by atomic mass is 10.2. The summed E-state index contributed by atoms with van der Waals surface area (Å²) in [6, 6.07) is 5.23. The number of nitrogens with two attached hydrogens (primary N) is 1. The predicted molar refractivity (Wildman–Crippen MR) is 84.9 cm³/mol. The minimum atomic E-state index is 0.513. The van der Waals surface area contributed by atoms with Crippen LogP contribution in [-0.4, -0.2) is 19.6 Å². The smallest absolute Gasteiger partial charge is 0.119 e. The fourth-order valence-corrected chi connectivity index (χ4v) is 2.71. The molecule has 0 spiro atoms. The van der Waals surface area contributed by atoms with Crippen molar-refractivity contribution in [1.29, 1.82) is 0 Å². The molecule has 0 aliphatic heterocycles. The van der Waals surface area contributed by atoms with Crippen molar-refractivity contribution in [3.05, 3.63) is 46.3 Å². The summed E-state index contributed by atoms with van der Waals surface area (Å²) in [6.07, 6.45) is 3.62. The number of halogens is 2. The van der Waals surface area contributed by atoms with E-state index in [0.717, 1.165) is 16.9 Å². The molecule has 0 aliphatic rings. The van der Waals surface area contributed by atoms with Crippen LogP contribution in [0.5, 0.6) is 0 Å². The molecule has 0 radical (unpaired) electrons. The predicted octanol–water partition coefficient (Wildman–Crippen LogP) is 3.47. The highest BCUT2D eigenvalue weighted by Gasteiger charge is 2.15. The maximum Gasteiger partial charge on any atom is 0.119 e. The van der Waals surface area contributed by atoms with Crippen LogP contribution < -0.4 is 5.73 Å². The molecule has 108 valence electrons. The fraction of sp³-hybridized carbons (Fsp3) is 0.143. The van der Waals surface area contributed by atoms with Gasteiger partial charge in [-0.25, -0.2) is 4.68 Å². The van der Waals surface area contributed by atoms with Crippen LogP contribution in [0.1, 0.15) is 5.69 Å². The first kappa shape index (κ1) is 14.0. The molecule has 7 heteroatoms. The minimum absolute atomic E-state index is 0.513. The van der Waals surface area contributed by atoms with Crippen molar-refractivity contribution >= 4 is 28.9 Å². The number of anilines is 1. The molecular weight excluding hydrogens is 309 g/mol. The third kappa shape index (κ3) is 2.50. The zero-order valence-corrected chi connectivity index (χ0v) is 13.0. The van der Waals surface area contributed by atoms with Gasteiger partial charge in [0.2, 0.25) is 0 Å². The van der Waals surface area contributed by atoms with Gasteiger partial charge in [-0.15, -0.1) is 0 Å². The van der Waals surface area contributed by atoms with Crippen LogP contribution in [0, 0.1) is 6.92 Å². The standard InChI is InChI=1S/C14H13Cl2N5/c1-8-10(6-20(2)18-8)14-12(17)7-21(19-14)13-4-3-9(15)5-11(13)16/h3-7H,17H2,1-2H3. The van der Waals surface area contributed by atoms with Crippen LogP contribution in [0.2, 0.25) is 10.0 Å². The van der Waals surface area contributed by atoms with E-state index in [1.54, 1.807) is 33.8 Å². The molecule has 3 rings (SSSR count). The Balaban J connectivity index is 2.11. The minimum Gasteiger partial charge on any atom is -0.396 e. The summed E-state index contributed by atoms with van der Waals surface area (Å²) >= 11 is 12.1. The number of rotatable bonds is 2. The van der Waals surface area contributed by atoms with Crippen LogP contribution >= 0.6 is 23.2 Å². The summed E-state index contributed by atoms with van der Waals surface area (Å²) < 4.78 is 3.38. The number of aryl methyl sites for hydroxylation is 2. The number of aromatic nitrogens is 4. The lowest BCUT2D eigenvalue weighted by Crippen LogP contribution is -1.96. The van der Waals surface area contributed by atoms with Crippen LogP contribution in [0.3, 0.4) is 0 Å². The van der Waals surface area contributed by atoms with Gasteiger partial charge in [0.1, 0.15) is 5.69 Å². The molecule has 0 aliphatic carbocycles. The van der Waals surface area contributed by atoms with E-state index in [-0.39, 0.29) is 0 Å². The van der Waals surface area contributed by atoms with E-state index in [2.05, 4.69) is 10.2 Å². The fourth-order valence-electron chi connectivity index (χ4n) is 2.22. The first-order valence-corrected chi connectivity index (χ1v) is 7.02. The zero-order valence-electron chi connectivity index (χ0n) is 11.5. The molecule has 2 aromatic heterocycles. The maximum atomic E-state index is 6.20. The van der Waals surface area contributed by atoms with E-state index in [1.807, 2.05) is 20.2 Å². The average molecular weight is 322 g/mol. The van der Waals surface area contributed by atoms with E-state index < -0.39 is 0 Å². The first-order valence-electron chi connectivity index (χ1n) is 6.27. The van der Waals surface area contributed by atoms with Gasteiger partial charge in [0.05, 0.1) is 28.3 Å². The molecule has 5 nitrogen and oxygen atoms in total. The van der Waals surface area contributed by atoms with Gasteiger partial charge in [-0.3, -0.25) is 4.68 Å². The Hall–Kier alpha value is -1.98. The molecule has 0 saturated carbocycles. The van der Waals surface area contributed by atoms with E-state index in [4.69, 9.17) is 28.9 Å². The second-order valence-corrected chi connectivity index (χ2v) is 5.62. The number of benzene rings is 1. The molecular formula is C14H13Cl2N5. The molecule has 2 N–H and O–H groups in total. The molecule has 3 aromatic rings. The highest BCUT2D eigenvalue weighted by Crippen LogP contribution is 2.30. The number of nitrogens with zero attached hydrogens (tertiary/aromatic N) is 4. The highest BCUT2D eigenvalue weighted by molar-refractivity contribution is 6.35. The van der Waals surface area contributed by atoms with Crippen molar-refractivity contribution in [2.24, 2.45) is 7.05 Å². The van der Waals surface area contributed by atoms with Crippen LogP contribution in [0.4, 0.5) is 5.69 Å². The summed E-state index contributed by atoms with van der Waals surface area (Å²) in [5, 5.41) is 9.92. The molecule has 0 saturated heterocycles. The van der Waals surface area contributed by atoms with Crippen molar-refractivity contribution in [1.82, 2.24) is 19.6 Å². The van der Waals surface area contributed by atoms with Crippen molar-refractivity contribution < 1.29 is 0 Å². The molecule has 0 bridgehead atoms. The Labute approximate surface area is 131 Å². The molecule has 2 heterocycles. The lowest BCUT2D eigenvalue weighted by Gasteiger charge is -2.04. The zero-order chi connectivity index (χ0) is 15.1. The van der Waals surface area contributed by atoms with Crippen molar-refractivity contribution in [3.63, 3.8) is 0 Å². The Morgan fingerprint density at radius 1 is 1.14 bits per heavy atom. The first-order chi connectivity index (χ1) is 9.95. The van der Waals surface area contributed by atoms with Gasteiger partial charge < -0.3 is 5.73 Å². The third-order valence-electron chi connectivity index (χ3n) is 3.17. The van der Waals surface area contributed by atoms with Crippen molar-refractivity contribution in [2.75, 3.05) is 5.73 Å². The number of nitrogen functional groups attached to an aromatic ring is 1. The van der Waals surface area contributed by atoms with Crippen LogP contribution in [0.15, 0.2) is 30.6 Å². The highest BCUT2D eigenvalue weighted by atomic mass is 35.5. The summed E-state index contributed by atoms with van der Waals surface area (Å²) in [7, 11) is 1.86. The monoisotopic (exact) mass is 321 g/mol. The van der Waals surface area contributed by atoms with E-state index >= 15 is 0 Å². The van der Waals surface area contributed by atoms with Crippen molar-refractivity contribution in [3.8, 4) is 16.9 Å². The summed E-state index contributed by atoms with van der Waals surface area (Å²) in [4.78, 5) is 0. The average Bonchev–Trinajstić information content (AvgIpc) is 2.92. The molecule has 0 amide bonds. The summed E-state index contributed by atoms with van der Waals surface area (Å²) in [5.41, 5.74) is 9.83.